The van der Waals surface area contributed by atoms with Crippen LogP contribution in [0.4, 0.5) is 0 Å². The molecular formula is C15H29IN4. The Morgan fingerprint density at radius 1 is 1.30 bits per heavy atom. The summed E-state index contributed by atoms with van der Waals surface area (Å²) in [6.07, 6.45) is 8.03. The van der Waals surface area contributed by atoms with Crippen LogP contribution in [0.3, 0.4) is 0 Å². The number of hydrogen-bond donors (Lipinski definition) is 2. The molecule has 1 atom stereocenters. The molecule has 0 aromatic heterocycles. The molecule has 1 unspecified atom stereocenters. The molecule has 0 bridgehead atoms. The zero-order valence-corrected chi connectivity index (χ0v) is 15.1. The van der Waals surface area contributed by atoms with Gasteiger partial charge >= 0.3 is 0 Å². The van der Waals surface area contributed by atoms with Gasteiger partial charge in [0.05, 0.1) is 0 Å². The fourth-order valence-corrected chi connectivity index (χ4v) is 2.82. The summed E-state index contributed by atoms with van der Waals surface area (Å²) in [6.45, 7) is 9.87. The van der Waals surface area contributed by atoms with Crippen LogP contribution in [0.25, 0.3) is 0 Å². The highest BCUT2D eigenvalue weighted by molar-refractivity contribution is 14.0. The van der Waals surface area contributed by atoms with Crippen LogP contribution in [0.2, 0.25) is 0 Å². The molecule has 1 heterocycles. The van der Waals surface area contributed by atoms with E-state index in [9.17, 15) is 0 Å². The minimum Gasteiger partial charge on any atom is -0.357 e. The molecule has 1 fully saturated rings. The second kappa shape index (κ2) is 9.60. The fourth-order valence-electron chi connectivity index (χ4n) is 2.82. The van der Waals surface area contributed by atoms with Gasteiger partial charge in [-0.3, -0.25) is 4.99 Å². The Morgan fingerprint density at radius 2 is 2.05 bits per heavy atom. The zero-order valence-electron chi connectivity index (χ0n) is 12.8. The molecule has 4 nitrogen and oxygen atoms in total. The highest BCUT2D eigenvalue weighted by Gasteiger charge is 2.21. The molecule has 0 aromatic rings. The van der Waals surface area contributed by atoms with Crippen molar-refractivity contribution < 1.29 is 0 Å². The first kappa shape index (κ1) is 17.8. The van der Waals surface area contributed by atoms with Crippen molar-refractivity contribution in [3.63, 3.8) is 0 Å². The van der Waals surface area contributed by atoms with E-state index < -0.39 is 0 Å². The molecule has 0 amide bonds. The van der Waals surface area contributed by atoms with Gasteiger partial charge in [-0.15, -0.1) is 24.0 Å². The van der Waals surface area contributed by atoms with E-state index in [4.69, 9.17) is 4.99 Å². The molecule has 5 heteroatoms. The Kier molecular flexibility index (Phi) is 8.52. The lowest BCUT2D eigenvalue weighted by atomic mass is 10.1. The van der Waals surface area contributed by atoms with Crippen molar-refractivity contribution in [1.82, 2.24) is 15.5 Å². The molecule has 0 saturated carbocycles. The molecule has 116 valence electrons. The van der Waals surface area contributed by atoms with Crippen molar-refractivity contribution in [3.8, 4) is 0 Å². The maximum Gasteiger partial charge on any atom is 0.191 e. The molecule has 1 aliphatic heterocycles. The topological polar surface area (TPSA) is 39.7 Å². The molecule has 2 aliphatic rings. The number of nitrogens with zero attached hydrogens (tertiary/aromatic N) is 2. The van der Waals surface area contributed by atoms with Crippen molar-refractivity contribution in [2.45, 2.75) is 39.2 Å². The predicted molar refractivity (Wildman–Crippen MR) is 96.9 cm³/mol. The maximum atomic E-state index is 4.77. The smallest absolute Gasteiger partial charge is 0.191 e. The van der Waals surface area contributed by atoms with E-state index in [0.29, 0.717) is 6.04 Å². The van der Waals surface area contributed by atoms with Crippen LogP contribution in [-0.2, 0) is 0 Å². The Balaban J connectivity index is 0.00000200. The van der Waals surface area contributed by atoms with E-state index in [1.807, 2.05) is 0 Å². The van der Waals surface area contributed by atoms with Crippen molar-refractivity contribution in [3.05, 3.63) is 12.2 Å². The highest BCUT2D eigenvalue weighted by atomic mass is 127. The highest BCUT2D eigenvalue weighted by Crippen LogP contribution is 2.15. The molecule has 1 saturated heterocycles. The van der Waals surface area contributed by atoms with Crippen LogP contribution in [0.5, 0.6) is 0 Å². The maximum absolute atomic E-state index is 4.77. The van der Waals surface area contributed by atoms with E-state index in [1.54, 1.807) is 0 Å². The number of halogens is 1. The molecule has 1 aliphatic carbocycles. The molecule has 0 radical (unpaired) electrons. The summed E-state index contributed by atoms with van der Waals surface area (Å²) in [4.78, 5) is 7.28. The molecule has 2 rings (SSSR count). The lowest BCUT2D eigenvalue weighted by molar-refractivity contribution is 0.343. The van der Waals surface area contributed by atoms with Crippen molar-refractivity contribution in [2.75, 3.05) is 32.7 Å². The summed E-state index contributed by atoms with van der Waals surface area (Å²) in [5, 5.41) is 6.88. The molecule has 20 heavy (non-hydrogen) atoms. The van der Waals surface area contributed by atoms with Gasteiger partial charge in [0.2, 0.25) is 0 Å². The number of rotatable bonds is 5. The van der Waals surface area contributed by atoms with Gasteiger partial charge in [-0.25, -0.2) is 0 Å². The first-order valence-electron chi connectivity index (χ1n) is 7.74. The Morgan fingerprint density at radius 3 is 2.65 bits per heavy atom. The van der Waals surface area contributed by atoms with Gasteiger partial charge in [-0.2, -0.15) is 0 Å². The third kappa shape index (κ3) is 5.60. The van der Waals surface area contributed by atoms with Crippen LogP contribution in [0.15, 0.2) is 17.1 Å². The van der Waals surface area contributed by atoms with Crippen LogP contribution in [-0.4, -0.2) is 49.6 Å². The van der Waals surface area contributed by atoms with Gasteiger partial charge < -0.3 is 15.5 Å². The molecule has 0 aromatic carbocycles. The zero-order chi connectivity index (χ0) is 13.5. The van der Waals surface area contributed by atoms with Crippen LogP contribution >= 0.6 is 24.0 Å². The van der Waals surface area contributed by atoms with Gasteiger partial charge in [0.25, 0.3) is 0 Å². The van der Waals surface area contributed by atoms with Crippen molar-refractivity contribution >= 4 is 29.9 Å². The summed E-state index contributed by atoms with van der Waals surface area (Å²) in [6, 6.07) is 0.536. The second-order valence-electron chi connectivity index (χ2n) is 5.55. The molecule has 2 N–H and O–H groups in total. The lowest BCUT2D eigenvalue weighted by Crippen LogP contribution is -2.42. The fraction of sp³-hybridized carbons (Fsp3) is 0.800. The van der Waals surface area contributed by atoms with E-state index in [0.717, 1.165) is 37.8 Å². The van der Waals surface area contributed by atoms with E-state index in [1.165, 1.54) is 26.1 Å². The van der Waals surface area contributed by atoms with Gasteiger partial charge in [-0.1, -0.05) is 19.1 Å². The standard InChI is InChI=1S/C15H28N4.HI/c1-3-16-15(18-14-7-5-6-8-14)17-11-13-9-10-19(4-2)12-13;/h5-6,13-14H,3-4,7-12H2,1-2H3,(H2,16,17,18);1H. The molecule has 0 spiro atoms. The summed E-state index contributed by atoms with van der Waals surface area (Å²) in [7, 11) is 0. The van der Waals surface area contributed by atoms with Crippen molar-refractivity contribution in [1.29, 1.82) is 0 Å². The van der Waals surface area contributed by atoms with E-state index >= 15 is 0 Å². The normalized spacial score (nSPS) is 23.9. The first-order chi connectivity index (χ1) is 9.31. The summed E-state index contributed by atoms with van der Waals surface area (Å²) < 4.78 is 0. The minimum atomic E-state index is 0. The van der Waals surface area contributed by atoms with Crippen LogP contribution < -0.4 is 10.6 Å². The Hall–Kier alpha value is -0.300. The summed E-state index contributed by atoms with van der Waals surface area (Å²) in [5.41, 5.74) is 0. The van der Waals surface area contributed by atoms with Crippen molar-refractivity contribution in [2.24, 2.45) is 10.9 Å². The SMILES string of the molecule is CCNC(=NCC1CCN(CC)C1)NC1CC=CC1.I. The number of aliphatic imine (C=N–C) groups is 1. The van der Waals surface area contributed by atoms with Gasteiger partial charge in [0.1, 0.15) is 0 Å². The van der Waals surface area contributed by atoms with E-state index in [-0.39, 0.29) is 24.0 Å². The summed E-state index contributed by atoms with van der Waals surface area (Å²) in [5.74, 6) is 1.73. The van der Waals surface area contributed by atoms with Crippen LogP contribution in [0.1, 0.15) is 33.1 Å². The average Bonchev–Trinajstić information content (AvgIpc) is 3.07. The van der Waals surface area contributed by atoms with Gasteiger partial charge in [0.15, 0.2) is 5.96 Å². The largest absolute Gasteiger partial charge is 0.357 e. The van der Waals surface area contributed by atoms with E-state index in [2.05, 4.69) is 41.5 Å². The molecular weight excluding hydrogens is 363 g/mol. The van der Waals surface area contributed by atoms with Gasteiger partial charge in [-0.05, 0) is 45.2 Å². The second-order valence-corrected chi connectivity index (χ2v) is 5.55. The third-order valence-corrected chi connectivity index (χ3v) is 4.02. The van der Waals surface area contributed by atoms with Crippen LogP contribution in [0, 0.1) is 5.92 Å². The summed E-state index contributed by atoms with van der Waals surface area (Å²) >= 11 is 0. The quantitative estimate of drug-likeness (QED) is 0.326. The lowest BCUT2D eigenvalue weighted by Gasteiger charge is -2.17. The monoisotopic (exact) mass is 392 g/mol. The minimum absolute atomic E-state index is 0. The number of likely N-dealkylation sites (tertiary alicyclic amines) is 1. The predicted octanol–water partition coefficient (Wildman–Crippen LogP) is 2.22. The first-order valence-corrected chi connectivity index (χ1v) is 7.74. The number of nitrogens with one attached hydrogen (secondary N) is 2. The Bertz CT molecular complexity index is 322. The average molecular weight is 392 g/mol. The Labute approximate surface area is 140 Å². The number of hydrogen-bond acceptors (Lipinski definition) is 2. The van der Waals surface area contributed by atoms with Gasteiger partial charge in [0, 0.05) is 25.7 Å². The third-order valence-electron chi connectivity index (χ3n) is 4.02. The number of guanidine groups is 1.